The van der Waals surface area contributed by atoms with Gasteiger partial charge in [-0.3, -0.25) is 0 Å². The van der Waals surface area contributed by atoms with Crippen molar-refractivity contribution in [2.75, 3.05) is 0 Å². The van der Waals surface area contributed by atoms with Crippen molar-refractivity contribution in [2.24, 2.45) is 0 Å². The molecule has 0 bridgehead atoms. The van der Waals surface area contributed by atoms with Gasteiger partial charge >= 0.3 is 0 Å². The highest BCUT2D eigenvalue weighted by Gasteiger charge is 1.69. The SMILES string of the molecule is [CH]=CCC=CCCC. The highest BCUT2D eigenvalue weighted by atomic mass is 13.8. The van der Waals surface area contributed by atoms with Gasteiger partial charge in [-0.05, 0) is 12.8 Å². The minimum atomic E-state index is 0.903. The normalized spacial score (nSPS) is 10.1. The lowest BCUT2D eigenvalue weighted by Gasteiger charge is -1.80. The van der Waals surface area contributed by atoms with Gasteiger partial charge in [0.15, 0.2) is 0 Å². The van der Waals surface area contributed by atoms with Crippen molar-refractivity contribution in [3.05, 3.63) is 24.8 Å². The van der Waals surface area contributed by atoms with Gasteiger partial charge in [0.25, 0.3) is 0 Å². The lowest BCUT2D eigenvalue weighted by molar-refractivity contribution is 0.954. The minimum Gasteiger partial charge on any atom is -0.0882 e. The number of unbranched alkanes of at least 4 members (excludes halogenated alkanes) is 1. The maximum atomic E-state index is 5.13. The molecule has 0 spiro atoms. The molecule has 0 aliphatic heterocycles. The molecular formula is C8H13. The summed E-state index contributed by atoms with van der Waals surface area (Å²) < 4.78 is 0. The molecule has 0 aliphatic rings. The van der Waals surface area contributed by atoms with Crippen LogP contribution >= 0.6 is 0 Å². The van der Waals surface area contributed by atoms with Crippen LogP contribution in [0.5, 0.6) is 0 Å². The van der Waals surface area contributed by atoms with Crippen LogP contribution in [0.3, 0.4) is 0 Å². The molecule has 1 radical (unpaired) electrons. The Kier molecular flexibility index (Phi) is 6.06. The van der Waals surface area contributed by atoms with Crippen LogP contribution in [0.1, 0.15) is 26.2 Å². The molecule has 0 aromatic carbocycles. The van der Waals surface area contributed by atoms with E-state index in [9.17, 15) is 0 Å². The molecule has 0 saturated heterocycles. The summed E-state index contributed by atoms with van der Waals surface area (Å²) in [5, 5.41) is 0. The summed E-state index contributed by atoms with van der Waals surface area (Å²) in [6.45, 7) is 7.30. The van der Waals surface area contributed by atoms with Gasteiger partial charge < -0.3 is 0 Å². The molecule has 0 aliphatic carbocycles. The highest BCUT2D eigenvalue weighted by molar-refractivity contribution is 4.86. The van der Waals surface area contributed by atoms with Crippen LogP contribution in [0.25, 0.3) is 0 Å². The van der Waals surface area contributed by atoms with Gasteiger partial charge in [-0.1, -0.05) is 38.2 Å². The molecule has 45 valence electrons. The van der Waals surface area contributed by atoms with E-state index >= 15 is 0 Å². The van der Waals surface area contributed by atoms with Gasteiger partial charge in [-0.15, -0.1) is 0 Å². The summed E-state index contributed by atoms with van der Waals surface area (Å²) in [5.41, 5.74) is 0. The maximum absolute atomic E-state index is 5.13. The van der Waals surface area contributed by atoms with E-state index in [1.807, 2.05) is 0 Å². The molecule has 0 heteroatoms. The van der Waals surface area contributed by atoms with E-state index in [0.717, 1.165) is 6.42 Å². The Bertz CT molecular complexity index is 70.1. The molecule has 0 nitrogen and oxygen atoms in total. The molecule has 0 fully saturated rings. The Balaban J connectivity index is 2.94. The largest absolute Gasteiger partial charge is 0.0882 e. The molecule has 0 amide bonds. The molecule has 8 heavy (non-hydrogen) atoms. The number of hydrogen-bond acceptors (Lipinski definition) is 0. The highest BCUT2D eigenvalue weighted by Crippen LogP contribution is 1.90. The van der Waals surface area contributed by atoms with E-state index in [2.05, 4.69) is 19.1 Å². The van der Waals surface area contributed by atoms with Gasteiger partial charge in [-0.25, -0.2) is 0 Å². The van der Waals surface area contributed by atoms with Crippen LogP contribution in [-0.2, 0) is 0 Å². The monoisotopic (exact) mass is 109 g/mol. The average molecular weight is 109 g/mol. The summed E-state index contributed by atoms with van der Waals surface area (Å²) in [6.07, 6.45) is 9.20. The summed E-state index contributed by atoms with van der Waals surface area (Å²) in [5.74, 6) is 0. The molecule has 0 rings (SSSR count). The van der Waals surface area contributed by atoms with E-state index < -0.39 is 0 Å². The minimum absolute atomic E-state index is 0.903. The van der Waals surface area contributed by atoms with Crippen molar-refractivity contribution in [1.29, 1.82) is 0 Å². The van der Waals surface area contributed by atoms with E-state index in [-0.39, 0.29) is 0 Å². The average Bonchev–Trinajstić information content (AvgIpc) is 1.81. The Labute approximate surface area is 51.9 Å². The van der Waals surface area contributed by atoms with Crippen LogP contribution in [0.15, 0.2) is 18.2 Å². The molecule has 0 aromatic heterocycles. The fourth-order valence-electron chi connectivity index (χ4n) is 0.459. The van der Waals surface area contributed by atoms with Crippen LogP contribution < -0.4 is 0 Å². The van der Waals surface area contributed by atoms with Gasteiger partial charge in [0.05, 0.1) is 0 Å². The van der Waals surface area contributed by atoms with Crippen molar-refractivity contribution in [2.45, 2.75) is 26.2 Å². The first-order valence-corrected chi connectivity index (χ1v) is 3.10. The third-order valence-corrected chi connectivity index (χ3v) is 0.894. The van der Waals surface area contributed by atoms with Crippen LogP contribution in [0.2, 0.25) is 0 Å². The van der Waals surface area contributed by atoms with E-state index in [0.29, 0.717) is 0 Å². The maximum Gasteiger partial charge on any atom is -0.0166 e. The molecule has 0 aromatic rings. The summed E-state index contributed by atoms with van der Waals surface area (Å²) in [6, 6.07) is 0. The molecule has 0 saturated carbocycles. The predicted molar refractivity (Wildman–Crippen MR) is 37.5 cm³/mol. The van der Waals surface area contributed by atoms with Gasteiger partial charge in [0, 0.05) is 0 Å². The zero-order valence-electron chi connectivity index (χ0n) is 5.43. The van der Waals surface area contributed by atoms with E-state index in [4.69, 9.17) is 6.58 Å². The van der Waals surface area contributed by atoms with Crippen molar-refractivity contribution >= 4 is 0 Å². The van der Waals surface area contributed by atoms with Crippen molar-refractivity contribution in [3.63, 3.8) is 0 Å². The second kappa shape index (κ2) is 6.48. The molecular weight excluding hydrogens is 96.1 g/mol. The van der Waals surface area contributed by atoms with E-state index in [1.165, 1.54) is 12.8 Å². The third-order valence-electron chi connectivity index (χ3n) is 0.894. The van der Waals surface area contributed by atoms with Gasteiger partial charge in [0.2, 0.25) is 0 Å². The van der Waals surface area contributed by atoms with Gasteiger partial charge in [0.1, 0.15) is 0 Å². The smallest absolute Gasteiger partial charge is 0.0166 e. The first-order valence-electron chi connectivity index (χ1n) is 3.10. The number of hydrogen-bond donors (Lipinski definition) is 0. The standard InChI is InChI=1S/C8H13/c1-3-5-7-8-6-4-2/h1,3,7-8H,4-6H2,2H3. The zero-order chi connectivity index (χ0) is 6.24. The van der Waals surface area contributed by atoms with Crippen molar-refractivity contribution in [3.8, 4) is 0 Å². The Morgan fingerprint density at radius 1 is 1.38 bits per heavy atom. The number of allylic oxidation sites excluding steroid dienone is 3. The van der Waals surface area contributed by atoms with E-state index in [1.54, 1.807) is 6.08 Å². The number of rotatable bonds is 4. The topological polar surface area (TPSA) is 0 Å². The van der Waals surface area contributed by atoms with Crippen molar-refractivity contribution in [1.82, 2.24) is 0 Å². The Hall–Kier alpha value is -0.520. The lowest BCUT2D eigenvalue weighted by Crippen LogP contribution is -1.60. The lowest BCUT2D eigenvalue weighted by atomic mass is 10.3. The Morgan fingerprint density at radius 3 is 2.62 bits per heavy atom. The fraction of sp³-hybridized carbons (Fsp3) is 0.500. The summed E-state index contributed by atoms with van der Waals surface area (Å²) in [7, 11) is 0. The molecule has 0 N–H and O–H groups in total. The quantitative estimate of drug-likeness (QED) is 0.487. The first kappa shape index (κ1) is 7.48. The predicted octanol–water partition coefficient (Wildman–Crippen LogP) is 2.72. The zero-order valence-corrected chi connectivity index (χ0v) is 5.43. The molecule has 0 heterocycles. The van der Waals surface area contributed by atoms with Crippen LogP contribution in [0, 0.1) is 6.58 Å². The van der Waals surface area contributed by atoms with Gasteiger partial charge in [-0.2, -0.15) is 0 Å². The summed E-state index contributed by atoms with van der Waals surface area (Å²) >= 11 is 0. The third kappa shape index (κ3) is 5.48. The second-order valence-corrected chi connectivity index (χ2v) is 1.73. The second-order valence-electron chi connectivity index (χ2n) is 1.73. The fourth-order valence-corrected chi connectivity index (χ4v) is 0.459. The van der Waals surface area contributed by atoms with Crippen molar-refractivity contribution < 1.29 is 0 Å². The molecule has 0 atom stereocenters. The van der Waals surface area contributed by atoms with Crippen LogP contribution in [-0.4, -0.2) is 0 Å². The summed E-state index contributed by atoms with van der Waals surface area (Å²) in [4.78, 5) is 0. The first-order chi connectivity index (χ1) is 3.91. The molecule has 0 unspecified atom stereocenters. The van der Waals surface area contributed by atoms with Crippen LogP contribution in [0.4, 0.5) is 0 Å². The Morgan fingerprint density at radius 2 is 2.12 bits per heavy atom.